The Morgan fingerprint density at radius 2 is 1.71 bits per heavy atom. The summed E-state index contributed by atoms with van der Waals surface area (Å²) in [5.74, 6) is 0.693. The van der Waals surface area contributed by atoms with Crippen LogP contribution < -0.4 is 16.0 Å². The Hall–Kier alpha value is -2.28. The molecule has 158 valence electrons. The lowest BCUT2D eigenvalue weighted by molar-refractivity contribution is 0.0529. The normalized spacial score (nSPS) is 12.2. The van der Waals surface area contributed by atoms with Crippen LogP contribution in [0.1, 0.15) is 45.7 Å². The number of ether oxygens (including phenoxy) is 1. The largest absolute Gasteiger partial charge is 0.444 e. The van der Waals surface area contributed by atoms with Crippen molar-refractivity contribution in [3.05, 3.63) is 35.4 Å². The molecule has 1 amide bonds. The molecule has 0 aliphatic rings. The molecule has 0 aliphatic heterocycles. The molecule has 1 aromatic rings. The van der Waals surface area contributed by atoms with E-state index >= 15 is 0 Å². The Labute approximate surface area is 169 Å². The maximum Gasteiger partial charge on any atom is 0.407 e. The summed E-state index contributed by atoms with van der Waals surface area (Å²) in [5, 5.41) is 9.25. The standard InChI is InChI=1S/C21H37N5O2/c1-16(2)26(7)15-18-11-9-8-10-17(18)14-25-19(22-6)23-12-13-24-20(27)28-21(3,4)5/h8-11,16H,12-15H2,1-7H3,(H,24,27)(H2,22,23,25). The topological polar surface area (TPSA) is 78.0 Å². The number of nitrogens with one attached hydrogen (secondary N) is 3. The summed E-state index contributed by atoms with van der Waals surface area (Å²) < 4.78 is 5.21. The van der Waals surface area contributed by atoms with E-state index in [4.69, 9.17) is 4.74 Å². The van der Waals surface area contributed by atoms with Crippen LogP contribution in [0.5, 0.6) is 0 Å². The molecule has 0 aromatic heterocycles. The summed E-state index contributed by atoms with van der Waals surface area (Å²) in [6.45, 7) is 12.5. The van der Waals surface area contributed by atoms with Crippen LogP contribution in [0.2, 0.25) is 0 Å². The average molecular weight is 392 g/mol. The number of rotatable bonds is 8. The van der Waals surface area contributed by atoms with Crippen LogP contribution in [0.3, 0.4) is 0 Å². The lowest BCUT2D eigenvalue weighted by atomic mass is 10.1. The first-order valence-corrected chi connectivity index (χ1v) is 9.80. The van der Waals surface area contributed by atoms with E-state index in [1.807, 2.05) is 20.8 Å². The summed E-state index contributed by atoms with van der Waals surface area (Å²) in [5.41, 5.74) is 2.05. The molecule has 0 atom stereocenters. The van der Waals surface area contributed by atoms with Crippen LogP contribution in [0, 0.1) is 0 Å². The minimum absolute atomic E-state index is 0.416. The first kappa shape index (κ1) is 23.8. The van der Waals surface area contributed by atoms with Crippen molar-refractivity contribution in [1.29, 1.82) is 0 Å². The van der Waals surface area contributed by atoms with Crippen LogP contribution in [0.15, 0.2) is 29.3 Å². The molecule has 0 unspecified atom stereocenters. The van der Waals surface area contributed by atoms with Gasteiger partial charge in [0.15, 0.2) is 5.96 Å². The minimum Gasteiger partial charge on any atom is -0.444 e. The molecule has 0 spiro atoms. The van der Waals surface area contributed by atoms with Gasteiger partial charge in [0.25, 0.3) is 0 Å². The van der Waals surface area contributed by atoms with E-state index in [-0.39, 0.29) is 0 Å². The predicted octanol–water partition coefficient (Wildman–Crippen LogP) is 2.72. The first-order valence-electron chi connectivity index (χ1n) is 9.80. The molecule has 0 bridgehead atoms. The number of alkyl carbamates (subject to hydrolysis) is 1. The SMILES string of the molecule is CN=C(NCCNC(=O)OC(C)(C)C)NCc1ccccc1CN(C)C(C)C. The Kier molecular flexibility index (Phi) is 9.79. The second kappa shape index (κ2) is 11.5. The number of hydrogen-bond acceptors (Lipinski definition) is 4. The van der Waals surface area contributed by atoms with Gasteiger partial charge in [-0.05, 0) is 52.8 Å². The Bertz CT molecular complexity index is 638. The van der Waals surface area contributed by atoms with Crippen LogP contribution in [0.4, 0.5) is 4.79 Å². The Balaban J connectivity index is 2.46. The summed E-state index contributed by atoms with van der Waals surface area (Å²) in [6, 6.07) is 8.91. The fourth-order valence-corrected chi connectivity index (χ4v) is 2.39. The van der Waals surface area contributed by atoms with Gasteiger partial charge in [0.05, 0.1) is 0 Å². The monoisotopic (exact) mass is 391 g/mol. The third-order valence-corrected chi connectivity index (χ3v) is 4.18. The summed E-state index contributed by atoms with van der Waals surface area (Å²) in [6.07, 6.45) is -0.416. The van der Waals surface area contributed by atoms with Gasteiger partial charge in [0.1, 0.15) is 5.60 Å². The number of hydrogen-bond donors (Lipinski definition) is 3. The van der Waals surface area contributed by atoms with Gasteiger partial charge in [-0.3, -0.25) is 9.89 Å². The number of amides is 1. The second-order valence-corrected chi connectivity index (χ2v) is 8.06. The fourth-order valence-electron chi connectivity index (χ4n) is 2.39. The van der Waals surface area contributed by atoms with Gasteiger partial charge < -0.3 is 20.7 Å². The van der Waals surface area contributed by atoms with Gasteiger partial charge >= 0.3 is 6.09 Å². The van der Waals surface area contributed by atoms with E-state index in [9.17, 15) is 4.79 Å². The van der Waals surface area contributed by atoms with Crippen molar-refractivity contribution in [3.63, 3.8) is 0 Å². The molecule has 1 rings (SSSR count). The van der Waals surface area contributed by atoms with Crippen molar-refractivity contribution in [3.8, 4) is 0 Å². The quantitative estimate of drug-likeness (QED) is 0.361. The summed E-state index contributed by atoms with van der Waals surface area (Å²) >= 11 is 0. The van der Waals surface area contributed by atoms with Crippen molar-refractivity contribution in [2.75, 3.05) is 27.2 Å². The Morgan fingerprint density at radius 3 is 2.29 bits per heavy atom. The van der Waals surface area contributed by atoms with E-state index in [0.29, 0.717) is 31.6 Å². The highest BCUT2D eigenvalue weighted by Crippen LogP contribution is 2.12. The van der Waals surface area contributed by atoms with Gasteiger partial charge in [0, 0.05) is 39.3 Å². The molecule has 7 nitrogen and oxygen atoms in total. The Morgan fingerprint density at radius 1 is 1.11 bits per heavy atom. The van der Waals surface area contributed by atoms with E-state index in [2.05, 4.69) is 71.0 Å². The number of benzene rings is 1. The maximum atomic E-state index is 11.6. The molecule has 28 heavy (non-hydrogen) atoms. The lowest BCUT2D eigenvalue weighted by Gasteiger charge is -2.23. The van der Waals surface area contributed by atoms with E-state index in [1.54, 1.807) is 7.05 Å². The molecule has 3 N–H and O–H groups in total. The number of aliphatic imine (C=N–C) groups is 1. The number of carbonyl (C=O) groups is 1. The first-order chi connectivity index (χ1) is 13.1. The molecule has 0 radical (unpaired) electrons. The summed E-state index contributed by atoms with van der Waals surface area (Å²) in [7, 11) is 3.86. The van der Waals surface area contributed by atoms with Gasteiger partial charge in [0.2, 0.25) is 0 Å². The van der Waals surface area contributed by atoms with Crippen LogP contribution in [-0.2, 0) is 17.8 Å². The van der Waals surface area contributed by atoms with Gasteiger partial charge in [-0.2, -0.15) is 0 Å². The van der Waals surface area contributed by atoms with Crippen molar-refractivity contribution in [1.82, 2.24) is 20.9 Å². The third kappa shape index (κ3) is 9.60. The molecule has 0 heterocycles. The second-order valence-electron chi connectivity index (χ2n) is 8.06. The number of carbonyl (C=O) groups excluding carboxylic acids is 1. The highest BCUT2D eigenvalue weighted by Gasteiger charge is 2.15. The number of guanidine groups is 1. The molecule has 0 saturated heterocycles. The molecular weight excluding hydrogens is 354 g/mol. The van der Waals surface area contributed by atoms with Crippen LogP contribution in [0.25, 0.3) is 0 Å². The van der Waals surface area contributed by atoms with Crippen LogP contribution in [-0.4, -0.2) is 55.8 Å². The van der Waals surface area contributed by atoms with Crippen molar-refractivity contribution in [2.24, 2.45) is 4.99 Å². The smallest absolute Gasteiger partial charge is 0.407 e. The lowest BCUT2D eigenvalue weighted by Crippen LogP contribution is -2.42. The zero-order chi connectivity index (χ0) is 21.2. The van der Waals surface area contributed by atoms with Crippen molar-refractivity contribution >= 4 is 12.1 Å². The molecule has 0 aliphatic carbocycles. The van der Waals surface area contributed by atoms with Gasteiger partial charge in [-0.15, -0.1) is 0 Å². The molecular formula is C21H37N5O2. The third-order valence-electron chi connectivity index (χ3n) is 4.18. The number of nitrogens with zero attached hydrogens (tertiary/aromatic N) is 2. The average Bonchev–Trinajstić information content (AvgIpc) is 2.60. The van der Waals surface area contributed by atoms with Gasteiger partial charge in [-0.1, -0.05) is 24.3 Å². The fraction of sp³-hybridized carbons (Fsp3) is 0.619. The summed E-state index contributed by atoms with van der Waals surface area (Å²) in [4.78, 5) is 18.2. The molecule has 0 fully saturated rings. The maximum absolute atomic E-state index is 11.6. The van der Waals surface area contributed by atoms with Crippen molar-refractivity contribution < 1.29 is 9.53 Å². The van der Waals surface area contributed by atoms with Crippen molar-refractivity contribution in [2.45, 2.75) is 59.4 Å². The van der Waals surface area contributed by atoms with Gasteiger partial charge in [-0.25, -0.2) is 4.79 Å². The molecule has 0 saturated carbocycles. The zero-order valence-electron chi connectivity index (χ0n) is 18.4. The zero-order valence-corrected chi connectivity index (χ0v) is 18.4. The minimum atomic E-state index is -0.494. The molecule has 7 heteroatoms. The highest BCUT2D eigenvalue weighted by atomic mass is 16.6. The predicted molar refractivity (Wildman–Crippen MR) is 115 cm³/mol. The highest BCUT2D eigenvalue weighted by molar-refractivity contribution is 5.79. The van der Waals surface area contributed by atoms with E-state index in [1.165, 1.54) is 11.1 Å². The molecule has 1 aromatic carbocycles. The van der Waals surface area contributed by atoms with Crippen LogP contribution >= 0.6 is 0 Å². The van der Waals surface area contributed by atoms with E-state index in [0.717, 1.165) is 6.54 Å². The van der Waals surface area contributed by atoms with E-state index < -0.39 is 11.7 Å².